The van der Waals surface area contributed by atoms with Gasteiger partial charge in [-0.2, -0.15) is 10.2 Å². The summed E-state index contributed by atoms with van der Waals surface area (Å²) in [4.78, 5) is 17.6. The number of hydrogen-bond donors (Lipinski definition) is 0. The number of aromatic nitrogens is 5. The molecule has 0 radical (unpaired) electrons. The predicted molar refractivity (Wildman–Crippen MR) is 90.6 cm³/mol. The Labute approximate surface area is 140 Å². The molecule has 0 aliphatic rings. The van der Waals surface area contributed by atoms with Gasteiger partial charge >= 0.3 is 0 Å². The summed E-state index contributed by atoms with van der Waals surface area (Å²) in [6, 6.07) is 9.62. The molecule has 3 aromatic rings. The maximum absolute atomic E-state index is 11.5. The first-order valence-electron chi connectivity index (χ1n) is 7.72. The highest BCUT2D eigenvalue weighted by atomic mass is 16.1. The Morgan fingerprint density at radius 3 is 2.46 bits per heavy atom. The fraction of sp³-hybridized carbons (Fsp3) is 0.294. The van der Waals surface area contributed by atoms with Gasteiger partial charge in [-0.3, -0.25) is 4.79 Å². The standard InChI is InChI=1S/C17H20N6O/c1-13-8-14(2)23(20-13)12-21(11-22-10-18-9-19-22)17-6-4-16(5-7-17)15(3)24/h4-10H,11-12H2,1-3H3. The Morgan fingerprint density at radius 2 is 1.92 bits per heavy atom. The summed E-state index contributed by atoms with van der Waals surface area (Å²) in [6.07, 6.45) is 3.19. The average Bonchev–Trinajstić information content (AvgIpc) is 3.16. The van der Waals surface area contributed by atoms with Crippen molar-refractivity contribution in [3.8, 4) is 0 Å². The van der Waals surface area contributed by atoms with E-state index in [1.54, 1.807) is 17.9 Å². The molecule has 3 rings (SSSR count). The van der Waals surface area contributed by atoms with E-state index >= 15 is 0 Å². The number of benzene rings is 1. The van der Waals surface area contributed by atoms with Crippen LogP contribution in [0.2, 0.25) is 0 Å². The monoisotopic (exact) mass is 324 g/mol. The number of ketones is 1. The number of carbonyl (C=O) groups excluding carboxylic acids is 1. The first-order chi connectivity index (χ1) is 11.5. The molecule has 0 amide bonds. The summed E-state index contributed by atoms with van der Waals surface area (Å²) in [5, 5.41) is 8.70. The second-order valence-electron chi connectivity index (χ2n) is 5.79. The van der Waals surface area contributed by atoms with E-state index in [1.165, 1.54) is 6.33 Å². The zero-order valence-electron chi connectivity index (χ0n) is 14.0. The second kappa shape index (κ2) is 6.66. The molecular formula is C17H20N6O. The molecule has 0 spiro atoms. The quantitative estimate of drug-likeness (QED) is 0.651. The molecule has 1 aromatic carbocycles. The normalized spacial score (nSPS) is 10.8. The number of hydrogen-bond acceptors (Lipinski definition) is 5. The summed E-state index contributed by atoms with van der Waals surface area (Å²) < 4.78 is 3.70. The van der Waals surface area contributed by atoms with Crippen LogP contribution in [0.1, 0.15) is 28.7 Å². The van der Waals surface area contributed by atoms with Crippen LogP contribution in [-0.2, 0) is 13.3 Å². The number of anilines is 1. The summed E-state index contributed by atoms with van der Waals surface area (Å²) in [6.45, 7) is 6.70. The van der Waals surface area contributed by atoms with Crippen molar-refractivity contribution in [2.24, 2.45) is 0 Å². The molecule has 0 fully saturated rings. The molecule has 2 heterocycles. The van der Waals surface area contributed by atoms with Crippen molar-refractivity contribution in [2.75, 3.05) is 4.90 Å². The number of carbonyl (C=O) groups is 1. The van der Waals surface area contributed by atoms with Gasteiger partial charge in [-0.15, -0.1) is 0 Å². The summed E-state index contributed by atoms with van der Waals surface area (Å²) in [7, 11) is 0. The zero-order valence-corrected chi connectivity index (χ0v) is 14.0. The molecule has 0 atom stereocenters. The van der Waals surface area contributed by atoms with E-state index in [1.807, 2.05) is 48.9 Å². The summed E-state index contributed by atoms with van der Waals surface area (Å²) in [5.74, 6) is 0.0583. The number of Topliss-reactive ketones (excluding diaryl/α,β-unsaturated/α-hetero) is 1. The predicted octanol–water partition coefficient (Wildman–Crippen LogP) is 2.42. The van der Waals surface area contributed by atoms with Crippen LogP contribution in [0.5, 0.6) is 0 Å². The molecule has 0 saturated heterocycles. The number of nitrogens with zero attached hydrogens (tertiary/aromatic N) is 6. The highest BCUT2D eigenvalue weighted by molar-refractivity contribution is 5.94. The minimum absolute atomic E-state index is 0.0583. The fourth-order valence-corrected chi connectivity index (χ4v) is 2.58. The smallest absolute Gasteiger partial charge is 0.159 e. The van der Waals surface area contributed by atoms with E-state index in [9.17, 15) is 4.79 Å². The lowest BCUT2D eigenvalue weighted by Gasteiger charge is -2.25. The third-order valence-electron chi connectivity index (χ3n) is 3.83. The van der Waals surface area contributed by atoms with Crippen molar-refractivity contribution in [3.05, 3.63) is 59.9 Å². The molecule has 0 aliphatic carbocycles. The molecule has 0 aliphatic heterocycles. The van der Waals surface area contributed by atoms with Crippen LogP contribution in [0.25, 0.3) is 0 Å². The molecular weight excluding hydrogens is 304 g/mol. The SMILES string of the molecule is CC(=O)c1ccc(N(Cn2cncn2)Cn2nc(C)cc2C)cc1. The van der Waals surface area contributed by atoms with Gasteiger partial charge in [0, 0.05) is 16.9 Å². The van der Waals surface area contributed by atoms with Crippen LogP contribution in [0, 0.1) is 13.8 Å². The van der Waals surface area contributed by atoms with E-state index in [2.05, 4.69) is 20.1 Å². The summed E-state index contributed by atoms with van der Waals surface area (Å²) in [5.41, 5.74) is 3.77. The fourth-order valence-electron chi connectivity index (χ4n) is 2.58. The van der Waals surface area contributed by atoms with E-state index in [0.29, 0.717) is 18.9 Å². The van der Waals surface area contributed by atoms with Crippen molar-refractivity contribution in [1.29, 1.82) is 0 Å². The minimum atomic E-state index is 0.0583. The highest BCUT2D eigenvalue weighted by Gasteiger charge is 2.12. The Morgan fingerprint density at radius 1 is 1.17 bits per heavy atom. The zero-order chi connectivity index (χ0) is 17.1. The second-order valence-corrected chi connectivity index (χ2v) is 5.79. The lowest BCUT2D eigenvalue weighted by atomic mass is 10.1. The van der Waals surface area contributed by atoms with Gasteiger partial charge in [-0.1, -0.05) is 0 Å². The number of rotatable bonds is 6. The van der Waals surface area contributed by atoms with E-state index in [0.717, 1.165) is 17.1 Å². The first kappa shape index (κ1) is 15.9. The Kier molecular flexibility index (Phi) is 4.41. The lowest BCUT2D eigenvalue weighted by molar-refractivity contribution is 0.101. The van der Waals surface area contributed by atoms with Crippen molar-refractivity contribution in [2.45, 2.75) is 34.1 Å². The first-order valence-corrected chi connectivity index (χ1v) is 7.72. The minimum Gasteiger partial charge on any atom is -0.332 e. The molecule has 7 nitrogen and oxygen atoms in total. The van der Waals surface area contributed by atoms with Crippen LogP contribution >= 0.6 is 0 Å². The van der Waals surface area contributed by atoms with Crippen molar-refractivity contribution in [3.63, 3.8) is 0 Å². The highest BCUT2D eigenvalue weighted by Crippen LogP contribution is 2.18. The van der Waals surface area contributed by atoms with Crippen molar-refractivity contribution >= 4 is 11.5 Å². The molecule has 124 valence electrons. The van der Waals surface area contributed by atoms with E-state index in [4.69, 9.17) is 0 Å². The van der Waals surface area contributed by atoms with Crippen LogP contribution in [0.15, 0.2) is 43.0 Å². The van der Waals surface area contributed by atoms with Gasteiger partial charge in [0.05, 0.1) is 5.69 Å². The van der Waals surface area contributed by atoms with E-state index in [-0.39, 0.29) is 5.78 Å². The van der Waals surface area contributed by atoms with Crippen LogP contribution in [-0.4, -0.2) is 30.3 Å². The van der Waals surface area contributed by atoms with Gasteiger partial charge < -0.3 is 4.90 Å². The van der Waals surface area contributed by atoms with Gasteiger partial charge in [0.15, 0.2) is 5.78 Å². The van der Waals surface area contributed by atoms with Crippen molar-refractivity contribution < 1.29 is 4.79 Å². The molecule has 7 heteroatoms. The summed E-state index contributed by atoms with van der Waals surface area (Å²) >= 11 is 0. The molecule has 24 heavy (non-hydrogen) atoms. The van der Waals surface area contributed by atoms with Gasteiger partial charge in [-0.25, -0.2) is 14.3 Å². The van der Waals surface area contributed by atoms with E-state index < -0.39 is 0 Å². The third kappa shape index (κ3) is 3.51. The molecule has 2 aromatic heterocycles. The molecule has 0 bridgehead atoms. The third-order valence-corrected chi connectivity index (χ3v) is 3.83. The maximum Gasteiger partial charge on any atom is 0.159 e. The molecule has 0 unspecified atom stereocenters. The van der Waals surface area contributed by atoms with Crippen LogP contribution in [0.3, 0.4) is 0 Å². The van der Waals surface area contributed by atoms with Gasteiger partial charge in [0.1, 0.15) is 26.0 Å². The molecule has 0 N–H and O–H groups in total. The number of aryl methyl sites for hydroxylation is 2. The van der Waals surface area contributed by atoms with Gasteiger partial charge in [0.2, 0.25) is 0 Å². The van der Waals surface area contributed by atoms with Gasteiger partial charge in [0.25, 0.3) is 0 Å². The van der Waals surface area contributed by atoms with Crippen LogP contribution in [0.4, 0.5) is 5.69 Å². The lowest BCUT2D eigenvalue weighted by Crippen LogP contribution is -2.30. The largest absolute Gasteiger partial charge is 0.332 e. The Bertz CT molecular complexity index is 819. The Balaban J connectivity index is 1.89. The van der Waals surface area contributed by atoms with Crippen molar-refractivity contribution in [1.82, 2.24) is 24.5 Å². The average molecular weight is 324 g/mol. The topological polar surface area (TPSA) is 68.8 Å². The maximum atomic E-state index is 11.5. The molecule has 0 saturated carbocycles. The Hall–Kier alpha value is -2.96. The van der Waals surface area contributed by atoms with Crippen LogP contribution < -0.4 is 4.90 Å². The van der Waals surface area contributed by atoms with Gasteiger partial charge in [-0.05, 0) is 51.1 Å².